The van der Waals surface area contributed by atoms with Gasteiger partial charge in [0.2, 0.25) is 10.0 Å². The number of carbonyl (C=O) groups is 1. The van der Waals surface area contributed by atoms with Crippen LogP contribution in [0.25, 0.3) is 10.9 Å². The summed E-state index contributed by atoms with van der Waals surface area (Å²) in [6.07, 6.45) is 1.48. The Morgan fingerprint density at radius 1 is 1.17 bits per heavy atom. The molecule has 190 valence electrons. The van der Waals surface area contributed by atoms with Gasteiger partial charge in [-0.1, -0.05) is 26.0 Å². The quantitative estimate of drug-likeness (QED) is 0.495. The van der Waals surface area contributed by atoms with Crippen LogP contribution in [0.3, 0.4) is 0 Å². The van der Waals surface area contributed by atoms with Crippen LogP contribution in [0.5, 0.6) is 5.75 Å². The number of H-pyrrole nitrogens is 1. The number of ketones is 1. The topological polar surface area (TPSA) is 104 Å². The summed E-state index contributed by atoms with van der Waals surface area (Å²) in [6, 6.07) is 9.15. The first kappa shape index (κ1) is 24.7. The Labute approximate surface area is 211 Å². The van der Waals surface area contributed by atoms with Crippen LogP contribution in [-0.4, -0.2) is 63.5 Å². The van der Waals surface area contributed by atoms with E-state index in [4.69, 9.17) is 4.74 Å². The van der Waals surface area contributed by atoms with E-state index < -0.39 is 15.4 Å². The molecular weight excluding hydrogens is 476 g/mol. The predicted octanol–water partition coefficient (Wildman–Crippen LogP) is 3.62. The molecule has 1 aliphatic carbocycles. The van der Waals surface area contributed by atoms with Crippen molar-refractivity contribution >= 4 is 33.4 Å². The minimum Gasteiger partial charge on any atom is -0.489 e. The average Bonchev–Trinajstić information content (AvgIpc) is 3.23. The summed E-state index contributed by atoms with van der Waals surface area (Å²) in [5.41, 5.74) is 3.81. The van der Waals surface area contributed by atoms with Crippen molar-refractivity contribution in [1.29, 1.82) is 0 Å². The molecule has 0 radical (unpaired) electrons. The van der Waals surface area contributed by atoms with Crippen LogP contribution in [0.2, 0.25) is 0 Å². The van der Waals surface area contributed by atoms with E-state index in [1.807, 2.05) is 32.0 Å². The van der Waals surface area contributed by atoms with Crippen molar-refractivity contribution in [2.24, 2.45) is 4.99 Å². The fraction of sp³-hybridized carbons (Fsp3) is 0.407. The van der Waals surface area contributed by atoms with Crippen molar-refractivity contribution < 1.29 is 17.9 Å². The number of carbonyl (C=O) groups excluding carboxylic acids is 1. The highest BCUT2D eigenvalue weighted by atomic mass is 32.2. The first-order valence-corrected chi connectivity index (χ1v) is 13.6. The van der Waals surface area contributed by atoms with Crippen molar-refractivity contribution in [2.45, 2.75) is 49.6 Å². The highest BCUT2D eigenvalue weighted by Crippen LogP contribution is 2.46. The van der Waals surface area contributed by atoms with Crippen molar-refractivity contribution in [1.82, 2.24) is 14.6 Å². The fourth-order valence-corrected chi connectivity index (χ4v) is 6.32. The molecule has 3 aromatic rings. The molecule has 5 rings (SSSR count). The molecule has 0 spiro atoms. The van der Waals surface area contributed by atoms with Gasteiger partial charge in [-0.25, -0.2) is 12.7 Å². The third kappa shape index (κ3) is 3.86. The molecule has 36 heavy (non-hydrogen) atoms. The Morgan fingerprint density at radius 3 is 2.56 bits per heavy atom. The molecule has 2 aliphatic rings. The molecule has 0 bridgehead atoms. The number of aliphatic imine (C=N–C) groups is 1. The largest absolute Gasteiger partial charge is 0.489 e. The van der Waals surface area contributed by atoms with Gasteiger partial charge in [-0.3, -0.25) is 9.79 Å². The lowest BCUT2D eigenvalue weighted by Crippen LogP contribution is -2.35. The highest BCUT2D eigenvalue weighted by Gasteiger charge is 2.42. The molecule has 0 unspecified atom stereocenters. The lowest BCUT2D eigenvalue weighted by molar-refractivity contribution is 0.103. The van der Waals surface area contributed by atoms with E-state index >= 15 is 0 Å². The fourth-order valence-electron chi connectivity index (χ4n) is 5.29. The van der Waals surface area contributed by atoms with E-state index in [-0.39, 0.29) is 16.8 Å². The van der Waals surface area contributed by atoms with Crippen molar-refractivity contribution in [3.63, 3.8) is 0 Å². The van der Waals surface area contributed by atoms with E-state index in [0.29, 0.717) is 23.4 Å². The maximum Gasteiger partial charge on any atom is 0.246 e. The number of nitrogens with one attached hydrogen (secondary N) is 2. The molecule has 2 aromatic carbocycles. The number of sulfonamides is 1. The summed E-state index contributed by atoms with van der Waals surface area (Å²) < 4.78 is 34.2. The molecule has 2 N–H and O–H groups in total. The molecule has 1 fully saturated rings. The molecule has 0 saturated carbocycles. The summed E-state index contributed by atoms with van der Waals surface area (Å²) in [7, 11) is -0.878. The van der Waals surface area contributed by atoms with Crippen molar-refractivity contribution in [2.75, 3.05) is 27.2 Å². The van der Waals surface area contributed by atoms with Crippen LogP contribution in [0, 0.1) is 0 Å². The monoisotopic (exact) mass is 508 g/mol. The van der Waals surface area contributed by atoms with Crippen LogP contribution in [-0.2, 0) is 22.0 Å². The maximum atomic E-state index is 13.9. The second-order valence-corrected chi connectivity index (χ2v) is 12.4. The lowest BCUT2D eigenvalue weighted by Gasteiger charge is -2.34. The zero-order valence-electron chi connectivity index (χ0n) is 21.1. The predicted molar refractivity (Wildman–Crippen MR) is 141 cm³/mol. The number of hydrogen-bond acceptors (Lipinski definition) is 6. The number of aromatic amines is 1. The Hall–Kier alpha value is -3.01. The van der Waals surface area contributed by atoms with E-state index in [2.05, 4.69) is 22.0 Å². The van der Waals surface area contributed by atoms with Crippen LogP contribution in [0.4, 0.5) is 0 Å². The number of nitrogens with zero attached hydrogens (tertiary/aromatic N) is 2. The summed E-state index contributed by atoms with van der Waals surface area (Å²) in [4.78, 5) is 21.4. The Morgan fingerprint density at radius 2 is 1.89 bits per heavy atom. The summed E-state index contributed by atoms with van der Waals surface area (Å²) >= 11 is 0. The lowest BCUT2D eigenvalue weighted by atomic mass is 9.71. The van der Waals surface area contributed by atoms with Gasteiger partial charge in [-0.2, -0.15) is 0 Å². The Kier molecular flexibility index (Phi) is 6.05. The summed E-state index contributed by atoms with van der Waals surface area (Å²) in [5, 5.41) is 4.12. The normalized spacial score (nSPS) is 17.8. The standard InChI is InChI=1S/C27H32N4O4S/c1-27(2)20-14-22(35-17-8-10-29-11-9-17)23(36(33,34)31(4)5)13-19(20)25(32)24-18-7-6-16(15-28-3)12-21(18)30-26(24)27/h6-7,12-14,17,29-30H,3,8-11,15H2,1-2,4-5H3. The van der Waals surface area contributed by atoms with E-state index in [0.717, 1.165) is 58.0 Å². The minimum atomic E-state index is -3.85. The van der Waals surface area contributed by atoms with Gasteiger partial charge in [-0.15, -0.1) is 0 Å². The first-order chi connectivity index (χ1) is 17.1. The SMILES string of the molecule is C=NCc1ccc2c3c([nH]c2c1)C(C)(C)c1cc(OC2CCNCC2)c(S(=O)(=O)N(C)C)cc1C3=O. The number of piperidine rings is 1. The first-order valence-electron chi connectivity index (χ1n) is 12.2. The maximum absolute atomic E-state index is 13.9. The molecule has 0 atom stereocenters. The van der Waals surface area contributed by atoms with Crippen LogP contribution in [0.1, 0.15) is 59.4 Å². The molecule has 9 heteroatoms. The van der Waals surface area contributed by atoms with Gasteiger partial charge in [-0.05, 0) is 62.0 Å². The van der Waals surface area contributed by atoms with Crippen LogP contribution in [0.15, 0.2) is 40.2 Å². The number of fused-ring (bicyclic) bond motifs is 4. The van der Waals surface area contributed by atoms with Gasteiger partial charge in [0.1, 0.15) is 16.7 Å². The molecule has 8 nitrogen and oxygen atoms in total. The minimum absolute atomic E-state index is 0.0246. The number of aromatic nitrogens is 1. The van der Waals surface area contributed by atoms with Crippen molar-refractivity contribution in [3.05, 3.63) is 58.3 Å². The zero-order chi connectivity index (χ0) is 25.8. The number of hydrogen-bond donors (Lipinski definition) is 2. The number of benzene rings is 2. The molecule has 1 aliphatic heterocycles. The second kappa shape index (κ2) is 8.83. The molecule has 1 saturated heterocycles. The van der Waals surface area contributed by atoms with Gasteiger partial charge >= 0.3 is 0 Å². The van der Waals surface area contributed by atoms with Crippen molar-refractivity contribution in [3.8, 4) is 5.75 Å². The van der Waals surface area contributed by atoms with Gasteiger partial charge < -0.3 is 15.0 Å². The smallest absolute Gasteiger partial charge is 0.246 e. The third-order valence-electron chi connectivity index (χ3n) is 7.35. The number of ether oxygens (including phenoxy) is 1. The zero-order valence-corrected chi connectivity index (χ0v) is 22.0. The Balaban J connectivity index is 1.71. The molecule has 2 heterocycles. The van der Waals surface area contributed by atoms with Crippen LogP contribution < -0.4 is 10.1 Å². The molecule has 1 aromatic heterocycles. The van der Waals surface area contributed by atoms with E-state index in [1.165, 1.54) is 20.2 Å². The van der Waals surface area contributed by atoms with Gasteiger partial charge in [0, 0.05) is 41.7 Å². The second-order valence-electron chi connectivity index (χ2n) is 10.3. The Bertz CT molecular complexity index is 1480. The highest BCUT2D eigenvalue weighted by molar-refractivity contribution is 7.89. The number of rotatable bonds is 6. The van der Waals surface area contributed by atoms with E-state index in [1.54, 1.807) is 6.07 Å². The van der Waals surface area contributed by atoms with E-state index in [9.17, 15) is 13.2 Å². The summed E-state index contributed by atoms with van der Waals surface area (Å²) in [5.74, 6) is 0.109. The third-order valence-corrected chi connectivity index (χ3v) is 9.19. The molecule has 0 amide bonds. The van der Waals surface area contributed by atoms with Crippen LogP contribution >= 0.6 is 0 Å². The van der Waals surface area contributed by atoms with Gasteiger partial charge in [0.25, 0.3) is 0 Å². The van der Waals surface area contributed by atoms with Gasteiger partial charge in [0.15, 0.2) is 5.78 Å². The molecular formula is C27H32N4O4S. The average molecular weight is 509 g/mol. The van der Waals surface area contributed by atoms with Gasteiger partial charge in [0.05, 0.1) is 12.1 Å². The summed E-state index contributed by atoms with van der Waals surface area (Å²) in [6.45, 7) is 9.79.